The van der Waals surface area contributed by atoms with Gasteiger partial charge in [0, 0.05) is 9.79 Å². The van der Waals surface area contributed by atoms with Crippen LogP contribution in [0.1, 0.15) is 11.1 Å². The van der Waals surface area contributed by atoms with Crippen molar-refractivity contribution in [2.75, 3.05) is 12.5 Å². The fourth-order valence-corrected chi connectivity index (χ4v) is 4.30. The van der Waals surface area contributed by atoms with Gasteiger partial charge < -0.3 is 0 Å². The largest absolute Gasteiger partial charge is 0.130 e. The molecule has 1 aliphatic carbocycles. The molecule has 0 unspecified atom stereocenters. The number of thioether (sulfide) groups is 2. The van der Waals surface area contributed by atoms with Crippen LogP contribution in [-0.4, -0.2) is 12.5 Å². The van der Waals surface area contributed by atoms with Crippen LogP contribution in [0.15, 0.2) is 58.3 Å². The first-order valence-electron chi connectivity index (χ1n) is 7.57. The fraction of sp³-hybridized carbons (Fsp3) is 0.200. The Balaban J connectivity index is 1.99. The summed E-state index contributed by atoms with van der Waals surface area (Å²) < 4.78 is 0. The molecule has 110 valence electrons. The zero-order valence-corrected chi connectivity index (χ0v) is 14.5. The monoisotopic (exact) mass is 322 g/mol. The molecule has 0 saturated carbocycles. The second-order valence-corrected chi connectivity index (χ2v) is 7.46. The molecule has 4 rings (SSSR count). The van der Waals surface area contributed by atoms with Crippen LogP contribution >= 0.6 is 23.5 Å². The van der Waals surface area contributed by atoms with Crippen molar-refractivity contribution in [3.63, 3.8) is 0 Å². The Kier molecular flexibility index (Phi) is 3.67. The molecule has 0 radical (unpaired) electrons. The average Bonchev–Trinajstić information content (AvgIpc) is 2.60. The predicted molar refractivity (Wildman–Crippen MR) is 100 cm³/mol. The quantitative estimate of drug-likeness (QED) is 0.527. The molecular weight excluding hydrogens is 304 g/mol. The van der Waals surface area contributed by atoms with E-state index in [1.54, 1.807) is 0 Å². The van der Waals surface area contributed by atoms with Gasteiger partial charge >= 0.3 is 0 Å². The van der Waals surface area contributed by atoms with E-state index in [9.17, 15) is 0 Å². The van der Waals surface area contributed by atoms with Crippen LogP contribution < -0.4 is 0 Å². The van der Waals surface area contributed by atoms with Gasteiger partial charge in [0.15, 0.2) is 0 Å². The van der Waals surface area contributed by atoms with Crippen molar-refractivity contribution in [1.82, 2.24) is 0 Å². The molecule has 1 aliphatic rings. The summed E-state index contributed by atoms with van der Waals surface area (Å²) in [6, 6.07) is 18.4. The highest BCUT2D eigenvalue weighted by atomic mass is 32.2. The minimum atomic E-state index is 1.15. The van der Waals surface area contributed by atoms with Crippen LogP contribution in [0.3, 0.4) is 0 Å². The topological polar surface area (TPSA) is 0 Å². The Bertz CT molecular complexity index is 865. The van der Waals surface area contributed by atoms with E-state index in [2.05, 4.69) is 61.0 Å². The van der Waals surface area contributed by atoms with Crippen LogP contribution in [-0.2, 0) is 12.8 Å². The Hall–Kier alpha value is -1.38. The lowest BCUT2D eigenvalue weighted by atomic mass is 9.83. The zero-order chi connectivity index (χ0) is 15.1. The summed E-state index contributed by atoms with van der Waals surface area (Å²) in [6.07, 6.45) is 6.60. The molecule has 0 amide bonds. The molecule has 2 heteroatoms. The highest BCUT2D eigenvalue weighted by molar-refractivity contribution is 7.98. The number of rotatable bonds is 2. The Morgan fingerprint density at radius 3 is 2.27 bits per heavy atom. The van der Waals surface area contributed by atoms with E-state index in [0.717, 1.165) is 12.8 Å². The number of hydrogen-bond acceptors (Lipinski definition) is 2. The summed E-state index contributed by atoms with van der Waals surface area (Å²) in [5.41, 5.74) is 5.89. The summed E-state index contributed by atoms with van der Waals surface area (Å²) in [6.45, 7) is 0. The van der Waals surface area contributed by atoms with Crippen molar-refractivity contribution < 1.29 is 0 Å². The zero-order valence-electron chi connectivity index (χ0n) is 12.8. The summed E-state index contributed by atoms with van der Waals surface area (Å²) in [7, 11) is 0. The molecule has 0 fully saturated rings. The molecule has 3 aromatic carbocycles. The molecule has 3 aromatic rings. The smallest absolute Gasteiger partial charge is 0.00756 e. The van der Waals surface area contributed by atoms with Gasteiger partial charge in [0.25, 0.3) is 0 Å². The van der Waals surface area contributed by atoms with Crippen LogP contribution in [0, 0.1) is 0 Å². The normalized spacial score (nSPS) is 13.0. The van der Waals surface area contributed by atoms with E-state index in [4.69, 9.17) is 0 Å². The Labute approximate surface area is 140 Å². The highest BCUT2D eigenvalue weighted by Gasteiger charge is 2.18. The van der Waals surface area contributed by atoms with Crippen molar-refractivity contribution in [3.8, 4) is 11.1 Å². The summed E-state index contributed by atoms with van der Waals surface area (Å²) >= 11 is 3.65. The molecule has 0 atom stereocenters. The number of benzene rings is 3. The summed E-state index contributed by atoms with van der Waals surface area (Å²) in [5, 5.41) is 2.80. The lowest BCUT2D eigenvalue weighted by molar-refractivity contribution is 0.947. The minimum Gasteiger partial charge on any atom is -0.130 e. The fourth-order valence-electron chi connectivity index (χ4n) is 3.42. The summed E-state index contributed by atoms with van der Waals surface area (Å²) in [4.78, 5) is 2.70. The maximum atomic E-state index is 2.36. The highest BCUT2D eigenvalue weighted by Crippen LogP contribution is 2.39. The number of fused-ring (bicyclic) bond motifs is 5. The lowest BCUT2D eigenvalue weighted by Gasteiger charge is -2.22. The van der Waals surface area contributed by atoms with Gasteiger partial charge in [-0.25, -0.2) is 0 Å². The van der Waals surface area contributed by atoms with Crippen LogP contribution in [0.5, 0.6) is 0 Å². The third-order valence-corrected chi connectivity index (χ3v) is 6.04. The maximum Gasteiger partial charge on any atom is 0.00756 e. The van der Waals surface area contributed by atoms with Crippen molar-refractivity contribution in [1.29, 1.82) is 0 Å². The van der Waals surface area contributed by atoms with Crippen LogP contribution in [0.2, 0.25) is 0 Å². The van der Waals surface area contributed by atoms with Gasteiger partial charge in [-0.3, -0.25) is 0 Å². The van der Waals surface area contributed by atoms with Crippen molar-refractivity contribution >= 4 is 34.3 Å². The van der Waals surface area contributed by atoms with E-state index in [0.29, 0.717) is 0 Å². The molecule has 0 aromatic heterocycles. The first kappa shape index (κ1) is 14.2. The van der Waals surface area contributed by atoms with Gasteiger partial charge in [-0.05, 0) is 82.6 Å². The lowest BCUT2D eigenvalue weighted by Crippen LogP contribution is -2.04. The van der Waals surface area contributed by atoms with E-state index in [1.807, 2.05) is 23.5 Å². The first-order chi connectivity index (χ1) is 10.8. The Morgan fingerprint density at radius 2 is 1.45 bits per heavy atom. The molecule has 0 bridgehead atoms. The van der Waals surface area contributed by atoms with Gasteiger partial charge in [-0.1, -0.05) is 24.3 Å². The van der Waals surface area contributed by atoms with Gasteiger partial charge in [-0.2, -0.15) is 0 Å². The molecule has 0 spiro atoms. The first-order valence-corrected chi connectivity index (χ1v) is 10.0. The molecule has 0 aliphatic heterocycles. The Morgan fingerprint density at radius 1 is 0.727 bits per heavy atom. The van der Waals surface area contributed by atoms with Crippen molar-refractivity contribution in [2.24, 2.45) is 0 Å². The maximum absolute atomic E-state index is 2.36. The molecular formula is C20H18S2. The third kappa shape index (κ3) is 2.26. The SMILES string of the molecule is CSc1ccc2c(c1)-c1ccc3ccc(SC)cc3c1CC2. The van der Waals surface area contributed by atoms with E-state index in [-0.39, 0.29) is 0 Å². The summed E-state index contributed by atoms with van der Waals surface area (Å²) in [5.74, 6) is 0. The molecule has 0 heterocycles. The molecule has 22 heavy (non-hydrogen) atoms. The van der Waals surface area contributed by atoms with E-state index in [1.165, 1.54) is 42.8 Å². The molecule has 0 nitrogen and oxygen atoms in total. The minimum absolute atomic E-state index is 1.15. The van der Waals surface area contributed by atoms with Crippen LogP contribution in [0.4, 0.5) is 0 Å². The van der Waals surface area contributed by atoms with Gasteiger partial charge in [0.1, 0.15) is 0 Å². The van der Waals surface area contributed by atoms with E-state index >= 15 is 0 Å². The van der Waals surface area contributed by atoms with Gasteiger partial charge in [-0.15, -0.1) is 23.5 Å². The third-order valence-electron chi connectivity index (χ3n) is 4.59. The molecule has 0 saturated heterocycles. The molecule has 0 N–H and O–H groups in total. The second-order valence-electron chi connectivity index (χ2n) is 5.70. The van der Waals surface area contributed by atoms with E-state index < -0.39 is 0 Å². The predicted octanol–water partition coefficient (Wildman–Crippen LogP) is 6.05. The van der Waals surface area contributed by atoms with Crippen molar-refractivity contribution in [3.05, 3.63) is 59.7 Å². The second kappa shape index (κ2) is 5.68. The van der Waals surface area contributed by atoms with Gasteiger partial charge in [0.2, 0.25) is 0 Å². The van der Waals surface area contributed by atoms with Crippen molar-refractivity contribution in [2.45, 2.75) is 22.6 Å². The van der Waals surface area contributed by atoms with Crippen LogP contribution in [0.25, 0.3) is 21.9 Å². The standard InChI is InChI=1S/C20H18S2/c1-21-15-7-3-13-5-10-18-17(19(13)11-15)9-6-14-4-8-16(22-2)12-20(14)18/h3-5,7-8,10-12H,6,9H2,1-2H3. The average molecular weight is 322 g/mol. The number of hydrogen-bond donors (Lipinski definition) is 0. The number of aryl methyl sites for hydroxylation is 2. The van der Waals surface area contributed by atoms with Gasteiger partial charge in [0.05, 0.1) is 0 Å².